The summed E-state index contributed by atoms with van der Waals surface area (Å²) in [6.45, 7) is 0.299. The zero-order valence-electron chi connectivity index (χ0n) is 6.73. The van der Waals surface area contributed by atoms with Crippen LogP contribution in [0.2, 0.25) is 5.02 Å². The molecule has 0 bridgehead atoms. The second kappa shape index (κ2) is 3.14. The van der Waals surface area contributed by atoms with Crippen molar-refractivity contribution in [3.8, 4) is 0 Å². The van der Waals surface area contributed by atoms with Crippen LogP contribution in [0.3, 0.4) is 0 Å². The van der Waals surface area contributed by atoms with E-state index in [1.54, 1.807) is 18.2 Å². The van der Waals surface area contributed by atoms with E-state index < -0.39 is 12.3 Å². The number of benzene rings is 1. The van der Waals surface area contributed by atoms with Gasteiger partial charge in [-0.05, 0) is 17.7 Å². The first-order valence-corrected chi connectivity index (χ1v) is 4.38. The third kappa shape index (κ3) is 1.48. The first kappa shape index (κ1) is 8.75. The van der Waals surface area contributed by atoms with E-state index in [4.69, 9.17) is 11.6 Å². The van der Waals surface area contributed by atoms with Gasteiger partial charge in [0.15, 0.2) is 0 Å². The summed E-state index contributed by atoms with van der Waals surface area (Å²) in [6.07, 6.45) is -2.31. The summed E-state index contributed by atoms with van der Waals surface area (Å²) >= 11 is 5.72. The Bertz CT molecular complexity index is 327. The van der Waals surface area contributed by atoms with Crippen molar-refractivity contribution in [1.29, 1.82) is 0 Å². The summed E-state index contributed by atoms with van der Waals surface area (Å²) in [7, 11) is 0. The van der Waals surface area contributed by atoms with Crippen molar-refractivity contribution in [2.24, 2.45) is 0 Å². The minimum Gasteiger partial charge on any atom is -0.384 e. The molecule has 0 fully saturated rings. The van der Waals surface area contributed by atoms with Gasteiger partial charge in [0.1, 0.15) is 0 Å². The Morgan fingerprint density at radius 3 is 2.92 bits per heavy atom. The Hall–Kier alpha value is -0.830. The lowest BCUT2D eigenvalue weighted by atomic mass is 10.0. The van der Waals surface area contributed by atoms with Crippen LogP contribution in [0.25, 0.3) is 0 Å². The second-order valence-electron chi connectivity index (χ2n) is 3.05. The van der Waals surface area contributed by atoms with Crippen molar-refractivity contribution in [2.75, 3.05) is 11.9 Å². The number of hydrogen-bond donors (Lipinski definition) is 1. The summed E-state index contributed by atoms with van der Waals surface area (Å²) < 4.78 is 24.9. The molecule has 0 spiro atoms. The molecular formula is C9H8ClF2N. The van der Waals surface area contributed by atoms with E-state index in [0.29, 0.717) is 17.1 Å². The quantitative estimate of drug-likeness (QED) is 0.740. The van der Waals surface area contributed by atoms with Crippen LogP contribution in [0.15, 0.2) is 18.2 Å². The molecule has 13 heavy (non-hydrogen) atoms. The lowest BCUT2D eigenvalue weighted by Gasteiger charge is -2.07. The molecule has 1 aromatic rings. The van der Waals surface area contributed by atoms with E-state index in [1.165, 1.54) is 0 Å². The molecule has 1 heterocycles. The monoisotopic (exact) mass is 203 g/mol. The Labute approximate surface area is 79.7 Å². The van der Waals surface area contributed by atoms with Crippen molar-refractivity contribution in [3.63, 3.8) is 0 Å². The van der Waals surface area contributed by atoms with E-state index in [1.807, 2.05) is 0 Å². The van der Waals surface area contributed by atoms with Gasteiger partial charge in [-0.15, -0.1) is 0 Å². The van der Waals surface area contributed by atoms with Crippen LogP contribution in [0.1, 0.15) is 11.5 Å². The SMILES string of the molecule is FC(F)C1CNc2cc(Cl)ccc21. The van der Waals surface area contributed by atoms with Gasteiger partial charge in [-0.1, -0.05) is 17.7 Å². The molecule has 70 valence electrons. The molecule has 2 rings (SSSR count). The van der Waals surface area contributed by atoms with Crippen LogP contribution < -0.4 is 5.32 Å². The summed E-state index contributed by atoms with van der Waals surface area (Å²) in [5.41, 5.74) is 1.40. The van der Waals surface area contributed by atoms with Crippen LogP contribution in [0.5, 0.6) is 0 Å². The van der Waals surface area contributed by atoms with Crippen LogP contribution in [-0.4, -0.2) is 13.0 Å². The van der Waals surface area contributed by atoms with Gasteiger partial charge in [0, 0.05) is 17.3 Å². The fourth-order valence-corrected chi connectivity index (χ4v) is 1.73. The average Bonchev–Trinajstić information content (AvgIpc) is 2.46. The maximum atomic E-state index is 12.4. The first-order valence-electron chi connectivity index (χ1n) is 4.00. The molecule has 0 radical (unpaired) electrons. The van der Waals surface area contributed by atoms with Gasteiger partial charge < -0.3 is 5.32 Å². The zero-order chi connectivity index (χ0) is 9.42. The van der Waals surface area contributed by atoms with Gasteiger partial charge in [-0.3, -0.25) is 0 Å². The summed E-state index contributed by atoms with van der Waals surface area (Å²) in [5.74, 6) is -0.688. The predicted molar refractivity (Wildman–Crippen MR) is 48.7 cm³/mol. The summed E-state index contributed by atoms with van der Waals surface area (Å²) in [6, 6.07) is 4.98. The average molecular weight is 204 g/mol. The fraction of sp³-hybridized carbons (Fsp3) is 0.333. The molecule has 1 N–H and O–H groups in total. The largest absolute Gasteiger partial charge is 0.384 e. The van der Waals surface area contributed by atoms with Crippen LogP contribution >= 0.6 is 11.6 Å². The molecular weight excluding hydrogens is 196 g/mol. The molecule has 0 saturated heterocycles. The Kier molecular flexibility index (Phi) is 2.12. The normalized spacial score (nSPS) is 20.2. The highest BCUT2D eigenvalue weighted by Gasteiger charge is 2.29. The Morgan fingerprint density at radius 1 is 1.46 bits per heavy atom. The molecule has 1 unspecified atom stereocenters. The third-order valence-corrected chi connectivity index (χ3v) is 2.47. The molecule has 1 aliphatic heterocycles. The number of halogens is 3. The van der Waals surface area contributed by atoms with Crippen molar-refractivity contribution in [1.82, 2.24) is 0 Å². The Balaban J connectivity index is 2.38. The molecule has 1 aliphatic rings. The number of rotatable bonds is 1. The fourth-order valence-electron chi connectivity index (χ4n) is 1.56. The van der Waals surface area contributed by atoms with Gasteiger partial charge in [-0.2, -0.15) is 0 Å². The first-order chi connectivity index (χ1) is 6.18. The zero-order valence-corrected chi connectivity index (χ0v) is 7.48. The van der Waals surface area contributed by atoms with Crippen molar-refractivity contribution in [2.45, 2.75) is 12.3 Å². The molecule has 1 atom stereocenters. The van der Waals surface area contributed by atoms with Crippen molar-refractivity contribution >= 4 is 17.3 Å². The van der Waals surface area contributed by atoms with Crippen LogP contribution in [0.4, 0.5) is 14.5 Å². The molecule has 1 nitrogen and oxygen atoms in total. The molecule has 0 amide bonds. The highest BCUT2D eigenvalue weighted by Crippen LogP contribution is 2.36. The predicted octanol–water partition coefficient (Wildman–Crippen LogP) is 3.11. The van der Waals surface area contributed by atoms with Gasteiger partial charge in [-0.25, -0.2) is 8.78 Å². The van der Waals surface area contributed by atoms with E-state index in [-0.39, 0.29) is 0 Å². The van der Waals surface area contributed by atoms with Crippen LogP contribution in [-0.2, 0) is 0 Å². The Morgan fingerprint density at radius 2 is 2.23 bits per heavy atom. The minimum absolute atomic E-state index is 0.299. The van der Waals surface area contributed by atoms with E-state index in [9.17, 15) is 8.78 Å². The second-order valence-corrected chi connectivity index (χ2v) is 3.49. The number of nitrogens with one attached hydrogen (secondary N) is 1. The molecule has 0 aromatic heterocycles. The summed E-state index contributed by atoms with van der Waals surface area (Å²) in [4.78, 5) is 0. The third-order valence-electron chi connectivity index (χ3n) is 2.23. The highest BCUT2D eigenvalue weighted by atomic mass is 35.5. The van der Waals surface area contributed by atoms with Gasteiger partial charge in [0.05, 0.1) is 5.92 Å². The lowest BCUT2D eigenvalue weighted by molar-refractivity contribution is 0.121. The number of anilines is 1. The van der Waals surface area contributed by atoms with Gasteiger partial charge >= 0.3 is 0 Å². The van der Waals surface area contributed by atoms with Crippen molar-refractivity contribution in [3.05, 3.63) is 28.8 Å². The number of fused-ring (bicyclic) bond motifs is 1. The topological polar surface area (TPSA) is 12.0 Å². The van der Waals surface area contributed by atoms with Crippen LogP contribution in [0, 0.1) is 0 Å². The van der Waals surface area contributed by atoms with Gasteiger partial charge in [0.2, 0.25) is 6.43 Å². The molecule has 4 heteroatoms. The molecule has 0 aliphatic carbocycles. The van der Waals surface area contributed by atoms with Crippen molar-refractivity contribution < 1.29 is 8.78 Å². The lowest BCUT2D eigenvalue weighted by Crippen LogP contribution is -2.10. The number of hydrogen-bond acceptors (Lipinski definition) is 1. The van der Waals surface area contributed by atoms with E-state index in [0.717, 1.165) is 5.69 Å². The maximum absolute atomic E-state index is 12.4. The van der Waals surface area contributed by atoms with E-state index in [2.05, 4.69) is 5.32 Å². The standard InChI is InChI=1S/C9H8ClF2N/c10-5-1-2-6-7(9(11)12)4-13-8(6)3-5/h1-3,7,9,13H,4H2. The number of alkyl halides is 2. The highest BCUT2D eigenvalue weighted by molar-refractivity contribution is 6.30. The molecule has 0 saturated carbocycles. The van der Waals surface area contributed by atoms with Gasteiger partial charge in [0.25, 0.3) is 0 Å². The maximum Gasteiger partial charge on any atom is 0.247 e. The smallest absolute Gasteiger partial charge is 0.247 e. The van der Waals surface area contributed by atoms with E-state index >= 15 is 0 Å². The minimum atomic E-state index is -2.31. The molecule has 1 aromatic carbocycles. The summed E-state index contributed by atoms with van der Waals surface area (Å²) in [5, 5.41) is 3.48.